The van der Waals surface area contributed by atoms with Crippen molar-refractivity contribution in [3.05, 3.63) is 40.4 Å². The first-order valence-corrected chi connectivity index (χ1v) is 17.9. The van der Waals surface area contributed by atoms with Crippen molar-refractivity contribution in [3.8, 4) is 5.75 Å². The molecule has 1 aromatic carbocycles. The maximum atomic E-state index is 13.5. The Hall–Kier alpha value is -4.37. The van der Waals surface area contributed by atoms with Gasteiger partial charge < -0.3 is 36.8 Å². The molecule has 2 aromatic rings. The molecule has 18 nitrogen and oxygen atoms in total. The number of benzene rings is 1. The van der Waals surface area contributed by atoms with Crippen molar-refractivity contribution in [2.45, 2.75) is 101 Å². The Morgan fingerprint density at radius 3 is 2.48 bits per heavy atom. The van der Waals surface area contributed by atoms with Crippen LogP contribution in [0.15, 0.2) is 28.7 Å². The fraction of sp³-hybridized carbons (Fsp3) is 0.533. The lowest BCUT2D eigenvalue weighted by Crippen LogP contribution is -2.76. The number of fused-ring (bicyclic) bond motifs is 1. The van der Waals surface area contributed by atoms with Crippen molar-refractivity contribution in [1.82, 2.24) is 20.7 Å². The van der Waals surface area contributed by atoms with E-state index in [1.165, 1.54) is 26.2 Å². The summed E-state index contributed by atoms with van der Waals surface area (Å²) in [6, 6.07) is 4.01. The number of thiazole rings is 1. The van der Waals surface area contributed by atoms with E-state index in [-0.39, 0.29) is 34.7 Å². The highest BCUT2D eigenvalue weighted by Gasteiger charge is 2.58. The Balaban J connectivity index is 1.31. The van der Waals surface area contributed by atoms with Crippen molar-refractivity contribution in [1.29, 1.82) is 5.41 Å². The summed E-state index contributed by atoms with van der Waals surface area (Å²) in [5, 5.41) is 30.3. The van der Waals surface area contributed by atoms with E-state index in [0.717, 1.165) is 42.6 Å². The molecule has 5 rings (SSSR count). The lowest BCUT2D eigenvalue weighted by Gasteiger charge is -2.50. The van der Waals surface area contributed by atoms with E-state index in [1.54, 1.807) is 12.1 Å². The first kappa shape index (κ1) is 36.9. The summed E-state index contributed by atoms with van der Waals surface area (Å²) in [6.45, 7) is 6.02. The molecule has 3 atom stereocenters. The van der Waals surface area contributed by atoms with E-state index < -0.39 is 57.2 Å². The minimum Gasteiger partial charge on any atom is -0.485 e. The van der Waals surface area contributed by atoms with Gasteiger partial charge in [0.15, 0.2) is 16.9 Å². The smallest absolute Gasteiger partial charge is 0.418 e. The number of carbonyl (C=O) groups is 3. The van der Waals surface area contributed by atoms with Crippen LogP contribution < -0.4 is 26.8 Å². The number of nitrogens with two attached hydrogens (primary N) is 2. The highest BCUT2D eigenvalue weighted by molar-refractivity contribution is 7.80. The van der Waals surface area contributed by atoms with Gasteiger partial charge in [-0.1, -0.05) is 5.16 Å². The average molecular weight is 737 g/mol. The lowest BCUT2D eigenvalue weighted by molar-refractivity contribution is -0.218. The average Bonchev–Trinajstić information content (AvgIpc) is 3.47. The number of amides is 2. The van der Waals surface area contributed by atoms with Crippen LogP contribution >= 0.6 is 11.3 Å². The van der Waals surface area contributed by atoms with Gasteiger partial charge in [0.05, 0.1) is 5.54 Å². The van der Waals surface area contributed by atoms with Crippen molar-refractivity contribution in [3.63, 3.8) is 0 Å². The second-order valence-corrected chi connectivity index (χ2v) is 15.5. The Labute approximate surface area is 291 Å². The zero-order valence-electron chi connectivity index (χ0n) is 27.8. The number of hydrogen-bond donors (Lipinski definition) is 7. The molecule has 1 aromatic heterocycles. The molecule has 0 radical (unpaired) electrons. The normalized spacial score (nSPS) is 26.0. The van der Waals surface area contributed by atoms with Crippen LogP contribution in [0.3, 0.4) is 0 Å². The Morgan fingerprint density at radius 1 is 1.22 bits per heavy atom. The third-order valence-corrected chi connectivity index (χ3v) is 10.2. The number of anilines is 1. The SMILES string of the molecule is CC1(C)[C@H](NC(=O)/C(=N\O[C@](C)(C(=O)O)[C@H]2CCc3cc(C(=N)N[C@H]4CC[C@@](C)(N)CC4)ccc3O2)c2csc(N)n2)C(=O)N1OS(=O)(=O)O. The molecule has 272 valence electrons. The third kappa shape index (κ3) is 7.68. The van der Waals surface area contributed by atoms with E-state index >= 15 is 0 Å². The number of carboxylic acid groups (broad SMARTS) is 1. The zero-order valence-corrected chi connectivity index (χ0v) is 29.4. The molecule has 0 spiro atoms. The summed E-state index contributed by atoms with van der Waals surface area (Å²) < 4.78 is 41.8. The molecule has 0 unspecified atom stereocenters. The van der Waals surface area contributed by atoms with Crippen LogP contribution in [0.4, 0.5) is 5.13 Å². The van der Waals surface area contributed by atoms with E-state index in [4.69, 9.17) is 31.0 Å². The van der Waals surface area contributed by atoms with Crippen LogP contribution in [0, 0.1) is 5.41 Å². The van der Waals surface area contributed by atoms with Gasteiger partial charge in [0.25, 0.3) is 17.4 Å². The molecule has 1 aliphatic carbocycles. The molecular formula is C30H40N8O10S2. The number of oxime groups is 1. The monoisotopic (exact) mass is 736 g/mol. The van der Waals surface area contributed by atoms with Crippen molar-refractivity contribution < 1.29 is 46.3 Å². The number of nitrogen functional groups attached to an aromatic ring is 1. The van der Waals surface area contributed by atoms with Crippen LogP contribution in [0.5, 0.6) is 5.75 Å². The van der Waals surface area contributed by atoms with Gasteiger partial charge in [-0.15, -0.1) is 15.6 Å². The van der Waals surface area contributed by atoms with Gasteiger partial charge in [0, 0.05) is 22.5 Å². The van der Waals surface area contributed by atoms with Gasteiger partial charge in [-0.05, 0) is 90.0 Å². The number of aliphatic carboxylic acids is 1. The first-order chi connectivity index (χ1) is 23.2. The number of nitrogens with zero attached hydrogens (tertiary/aromatic N) is 3. The van der Waals surface area contributed by atoms with Crippen LogP contribution in [-0.4, -0.2) is 92.3 Å². The van der Waals surface area contributed by atoms with E-state index in [9.17, 15) is 27.9 Å². The molecule has 2 amide bonds. The number of amidine groups is 1. The molecule has 9 N–H and O–H groups in total. The van der Waals surface area contributed by atoms with Crippen LogP contribution in [-0.2, 0) is 40.3 Å². The number of aromatic nitrogens is 1. The Morgan fingerprint density at radius 2 is 1.90 bits per heavy atom. The number of ether oxygens (including phenoxy) is 1. The molecule has 3 aliphatic rings. The second kappa shape index (κ2) is 13.4. The zero-order chi connectivity index (χ0) is 36.8. The van der Waals surface area contributed by atoms with Gasteiger partial charge in [-0.3, -0.25) is 19.6 Å². The largest absolute Gasteiger partial charge is 0.485 e. The van der Waals surface area contributed by atoms with Gasteiger partial charge in [0.2, 0.25) is 0 Å². The number of nitrogens with one attached hydrogen (secondary N) is 3. The molecule has 50 heavy (non-hydrogen) atoms. The first-order valence-electron chi connectivity index (χ1n) is 15.7. The second-order valence-electron chi connectivity index (χ2n) is 13.6. The number of hydroxylamine groups is 2. The van der Waals surface area contributed by atoms with Crippen molar-refractivity contribution >= 4 is 56.2 Å². The Kier molecular flexibility index (Phi) is 9.89. The molecule has 20 heteroatoms. The van der Waals surface area contributed by atoms with Gasteiger partial charge in [0.1, 0.15) is 23.3 Å². The molecule has 0 bridgehead atoms. The topological polar surface area (TPSA) is 282 Å². The molecule has 2 aliphatic heterocycles. The highest BCUT2D eigenvalue weighted by Crippen LogP contribution is 2.36. The molecule has 1 saturated heterocycles. The van der Waals surface area contributed by atoms with Crippen molar-refractivity contribution in [2.24, 2.45) is 10.9 Å². The highest BCUT2D eigenvalue weighted by atomic mass is 32.3. The third-order valence-electron chi connectivity index (χ3n) is 9.24. The number of aryl methyl sites for hydroxylation is 1. The minimum absolute atomic E-state index is 0.0569. The number of carbonyl (C=O) groups excluding carboxylic acids is 2. The summed E-state index contributed by atoms with van der Waals surface area (Å²) in [5.41, 5.74) is 9.07. The van der Waals surface area contributed by atoms with Crippen LogP contribution in [0.2, 0.25) is 0 Å². The maximum Gasteiger partial charge on any atom is 0.418 e. The maximum absolute atomic E-state index is 13.5. The summed E-state index contributed by atoms with van der Waals surface area (Å²) in [4.78, 5) is 48.4. The molecule has 1 saturated carbocycles. The number of β-lactam (4-membered cyclic amide) rings is 1. The van der Waals surface area contributed by atoms with E-state index in [1.807, 2.05) is 13.0 Å². The molecular weight excluding hydrogens is 697 g/mol. The minimum atomic E-state index is -5.03. The van der Waals surface area contributed by atoms with Crippen molar-refractivity contribution in [2.75, 3.05) is 5.73 Å². The van der Waals surface area contributed by atoms with Crippen LogP contribution in [0.25, 0.3) is 0 Å². The standard InChI is InChI=1S/C30H40N8O10S2/c1-28(2)22(25(40)38(28)48-50(43,44)45)36-24(39)21(18-14-49-27(32)35-18)37-47-30(4,26(41)42)20-8-6-15-13-16(5-7-19(15)46-20)23(31)34-17-9-11-29(3,33)12-10-17/h5,7,13-14,17,20,22H,6,8-12,33H2,1-4H3,(H2,31,34)(H2,32,35)(H,36,39)(H,41,42)(H,43,44,45)/b37-21-/t17-,20-,22-,29+,30+/m1/s1. The van der Waals surface area contributed by atoms with E-state index in [0.29, 0.717) is 22.8 Å². The summed E-state index contributed by atoms with van der Waals surface area (Å²) >= 11 is 0.963. The van der Waals surface area contributed by atoms with Gasteiger partial charge >= 0.3 is 16.4 Å². The predicted octanol–water partition coefficient (Wildman–Crippen LogP) is 1.10. The molecule has 3 heterocycles. The summed E-state index contributed by atoms with van der Waals surface area (Å²) in [5.74, 6) is -2.78. The number of carboxylic acids is 1. The fourth-order valence-electron chi connectivity index (χ4n) is 6.04. The summed E-state index contributed by atoms with van der Waals surface area (Å²) in [7, 11) is -5.03. The quantitative estimate of drug-likeness (QED) is 0.0559. The fourth-order valence-corrected chi connectivity index (χ4v) is 7.04. The van der Waals surface area contributed by atoms with Gasteiger partial charge in [-0.2, -0.15) is 13.5 Å². The van der Waals surface area contributed by atoms with Crippen LogP contribution in [0.1, 0.15) is 76.6 Å². The molecule has 2 fully saturated rings. The number of hydrogen-bond acceptors (Lipinski definition) is 14. The van der Waals surface area contributed by atoms with Gasteiger partial charge in [-0.25, -0.2) is 9.78 Å². The number of rotatable bonds is 11. The lowest BCUT2D eigenvalue weighted by atomic mass is 9.81. The predicted molar refractivity (Wildman–Crippen MR) is 180 cm³/mol. The van der Waals surface area contributed by atoms with E-state index in [2.05, 4.69) is 25.1 Å². The summed E-state index contributed by atoms with van der Waals surface area (Å²) in [6.07, 6.45) is 2.96. The Bertz CT molecular complexity index is 1840.